The normalized spacial score (nSPS) is 16.8. The number of nitrogens with zero attached hydrogens (tertiary/aromatic N) is 5. The summed E-state index contributed by atoms with van der Waals surface area (Å²) in [6, 6.07) is 11.2. The van der Waals surface area contributed by atoms with Crippen molar-refractivity contribution in [2.75, 3.05) is 23.4 Å². The Balaban J connectivity index is 1.48. The van der Waals surface area contributed by atoms with Crippen molar-refractivity contribution in [3.63, 3.8) is 0 Å². The summed E-state index contributed by atoms with van der Waals surface area (Å²) in [5, 5.41) is 19.1. The first-order valence-electron chi connectivity index (χ1n) is 11.7. The molecule has 0 saturated carbocycles. The highest BCUT2D eigenvalue weighted by Gasteiger charge is 2.24. The molecular formula is C25H32N6O. The molecule has 32 heavy (non-hydrogen) atoms. The van der Waals surface area contributed by atoms with Crippen LogP contribution in [0.25, 0.3) is 16.6 Å². The number of anilines is 2. The number of hydrogen-bond acceptors (Lipinski definition) is 5. The van der Waals surface area contributed by atoms with Crippen LogP contribution in [0.3, 0.4) is 0 Å². The van der Waals surface area contributed by atoms with Crippen LogP contribution < -0.4 is 10.2 Å². The zero-order valence-corrected chi connectivity index (χ0v) is 19.0. The number of nitrogens with one attached hydrogen (secondary N) is 1. The van der Waals surface area contributed by atoms with E-state index in [1.807, 2.05) is 10.7 Å². The minimum absolute atomic E-state index is 0.212. The summed E-state index contributed by atoms with van der Waals surface area (Å²) in [6.45, 7) is 4.05. The van der Waals surface area contributed by atoms with Gasteiger partial charge in [0.05, 0.1) is 6.20 Å². The van der Waals surface area contributed by atoms with Crippen molar-refractivity contribution in [2.24, 2.45) is 7.05 Å². The van der Waals surface area contributed by atoms with Crippen LogP contribution in [0, 0.1) is 0 Å². The highest BCUT2D eigenvalue weighted by molar-refractivity contribution is 5.80. The van der Waals surface area contributed by atoms with Crippen molar-refractivity contribution in [1.29, 1.82) is 0 Å². The molecule has 5 rings (SSSR count). The number of piperidine rings is 1. The van der Waals surface area contributed by atoms with Crippen molar-refractivity contribution in [3.8, 4) is 0 Å². The first kappa shape index (κ1) is 20.8. The molecule has 1 saturated heterocycles. The standard InChI is InChI=1S/C25H32N6O/c1-3-19-17-27-31-23(26-16-18-7-8-22-20(14-18)9-12-29(22)2)15-24(28-25(19)31)30-11-5-4-6-21(30)10-13-32/h7-9,12,14-15,17,21,26,32H,3-6,10-11,13,16H2,1-2H3/t21-/m0/s1. The zero-order chi connectivity index (χ0) is 22.1. The summed E-state index contributed by atoms with van der Waals surface area (Å²) in [5.41, 5.74) is 4.53. The molecule has 1 aliphatic heterocycles. The van der Waals surface area contributed by atoms with Crippen molar-refractivity contribution in [2.45, 2.75) is 51.6 Å². The third-order valence-electron chi connectivity index (χ3n) is 6.72. The van der Waals surface area contributed by atoms with E-state index in [1.165, 1.54) is 22.9 Å². The molecule has 0 unspecified atom stereocenters. The number of benzene rings is 1. The second kappa shape index (κ2) is 8.82. The van der Waals surface area contributed by atoms with E-state index in [4.69, 9.17) is 4.98 Å². The lowest BCUT2D eigenvalue weighted by Crippen LogP contribution is -2.40. The molecule has 0 spiro atoms. The third-order valence-corrected chi connectivity index (χ3v) is 6.72. The fraction of sp³-hybridized carbons (Fsp3) is 0.440. The molecule has 0 aliphatic carbocycles. The van der Waals surface area contributed by atoms with Crippen LogP contribution in [0.5, 0.6) is 0 Å². The topological polar surface area (TPSA) is 70.6 Å². The molecular weight excluding hydrogens is 400 g/mol. The van der Waals surface area contributed by atoms with Crippen LogP contribution in [-0.2, 0) is 20.0 Å². The van der Waals surface area contributed by atoms with E-state index < -0.39 is 0 Å². The number of hydrogen-bond donors (Lipinski definition) is 2. The van der Waals surface area contributed by atoms with Crippen LogP contribution in [-0.4, -0.2) is 43.5 Å². The van der Waals surface area contributed by atoms with Crippen molar-refractivity contribution < 1.29 is 5.11 Å². The van der Waals surface area contributed by atoms with E-state index in [0.29, 0.717) is 12.6 Å². The van der Waals surface area contributed by atoms with Gasteiger partial charge in [0.2, 0.25) is 0 Å². The van der Waals surface area contributed by atoms with Gasteiger partial charge in [-0.1, -0.05) is 13.0 Å². The maximum absolute atomic E-state index is 9.57. The highest BCUT2D eigenvalue weighted by atomic mass is 16.3. The quantitative estimate of drug-likeness (QED) is 0.459. The molecule has 1 aliphatic rings. The molecule has 0 radical (unpaired) electrons. The number of rotatable bonds is 7. The number of aromatic nitrogens is 4. The van der Waals surface area contributed by atoms with Crippen molar-refractivity contribution >= 4 is 28.2 Å². The van der Waals surface area contributed by atoms with E-state index in [0.717, 1.165) is 55.1 Å². The van der Waals surface area contributed by atoms with Gasteiger partial charge in [-0.3, -0.25) is 0 Å². The fourth-order valence-electron chi connectivity index (χ4n) is 4.90. The minimum atomic E-state index is 0.212. The van der Waals surface area contributed by atoms with E-state index in [-0.39, 0.29) is 6.61 Å². The third kappa shape index (κ3) is 3.81. The van der Waals surface area contributed by atoms with E-state index in [2.05, 4.69) is 70.4 Å². The van der Waals surface area contributed by atoms with Gasteiger partial charge in [0.25, 0.3) is 0 Å². The van der Waals surface area contributed by atoms with Crippen LogP contribution >= 0.6 is 0 Å². The second-order valence-corrected chi connectivity index (χ2v) is 8.79. The zero-order valence-electron chi connectivity index (χ0n) is 19.0. The monoisotopic (exact) mass is 432 g/mol. The molecule has 1 atom stereocenters. The van der Waals surface area contributed by atoms with Crippen LogP contribution in [0.4, 0.5) is 11.6 Å². The largest absolute Gasteiger partial charge is 0.396 e. The molecule has 0 amide bonds. The molecule has 7 nitrogen and oxygen atoms in total. The lowest BCUT2D eigenvalue weighted by molar-refractivity contribution is 0.262. The molecule has 7 heteroatoms. The average molecular weight is 433 g/mol. The fourth-order valence-corrected chi connectivity index (χ4v) is 4.90. The number of aryl methyl sites for hydroxylation is 2. The number of aliphatic hydroxyl groups is 1. The van der Waals surface area contributed by atoms with E-state index >= 15 is 0 Å². The van der Waals surface area contributed by atoms with Gasteiger partial charge in [0, 0.05) is 56.1 Å². The lowest BCUT2D eigenvalue weighted by atomic mass is 9.99. The molecule has 4 heterocycles. The van der Waals surface area contributed by atoms with E-state index in [9.17, 15) is 5.11 Å². The van der Waals surface area contributed by atoms with Gasteiger partial charge in [-0.05, 0) is 61.3 Å². The minimum Gasteiger partial charge on any atom is -0.396 e. The lowest BCUT2D eigenvalue weighted by Gasteiger charge is -2.36. The van der Waals surface area contributed by atoms with Gasteiger partial charge < -0.3 is 19.9 Å². The average Bonchev–Trinajstić information content (AvgIpc) is 3.41. The number of aliphatic hydroxyl groups excluding tert-OH is 1. The summed E-state index contributed by atoms with van der Waals surface area (Å²) in [6.07, 6.45) is 9.18. The molecule has 1 fully saturated rings. The predicted molar refractivity (Wildman–Crippen MR) is 129 cm³/mol. The Morgan fingerprint density at radius 3 is 2.94 bits per heavy atom. The smallest absolute Gasteiger partial charge is 0.162 e. The summed E-state index contributed by atoms with van der Waals surface area (Å²) in [5.74, 6) is 1.93. The summed E-state index contributed by atoms with van der Waals surface area (Å²) < 4.78 is 4.07. The summed E-state index contributed by atoms with van der Waals surface area (Å²) in [7, 11) is 2.07. The van der Waals surface area contributed by atoms with Crippen LogP contribution in [0.15, 0.2) is 42.7 Å². The van der Waals surface area contributed by atoms with Crippen LogP contribution in [0.2, 0.25) is 0 Å². The SMILES string of the molecule is CCc1cnn2c(NCc3ccc4c(ccn4C)c3)cc(N3CCCC[C@H]3CCO)nc12. The first-order valence-corrected chi connectivity index (χ1v) is 11.7. The molecule has 0 bridgehead atoms. The molecule has 168 valence electrons. The second-order valence-electron chi connectivity index (χ2n) is 8.79. The van der Waals surface area contributed by atoms with Crippen molar-refractivity contribution in [1.82, 2.24) is 19.2 Å². The molecule has 3 aromatic heterocycles. The maximum Gasteiger partial charge on any atom is 0.162 e. The first-order chi connectivity index (χ1) is 15.7. The van der Waals surface area contributed by atoms with Gasteiger partial charge in [0.1, 0.15) is 11.6 Å². The van der Waals surface area contributed by atoms with Gasteiger partial charge in [-0.25, -0.2) is 4.98 Å². The van der Waals surface area contributed by atoms with Gasteiger partial charge in [-0.15, -0.1) is 0 Å². The summed E-state index contributed by atoms with van der Waals surface area (Å²) >= 11 is 0. The molecule has 4 aromatic rings. The summed E-state index contributed by atoms with van der Waals surface area (Å²) in [4.78, 5) is 7.41. The predicted octanol–water partition coefficient (Wildman–Crippen LogP) is 4.14. The Hall–Kier alpha value is -3.06. The molecule has 1 aromatic carbocycles. The Morgan fingerprint density at radius 2 is 2.09 bits per heavy atom. The number of fused-ring (bicyclic) bond motifs is 2. The van der Waals surface area contributed by atoms with E-state index in [1.54, 1.807) is 0 Å². The van der Waals surface area contributed by atoms with Crippen LogP contribution in [0.1, 0.15) is 43.7 Å². The van der Waals surface area contributed by atoms with Gasteiger partial charge in [-0.2, -0.15) is 9.61 Å². The Labute approximate surface area is 188 Å². The maximum atomic E-state index is 9.57. The Kier molecular flexibility index (Phi) is 5.74. The molecule has 2 N–H and O–H groups in total. The highest BCUT2D eigenvalue weighted by Crippen LogP contribution is 2.29. The Morgan fingerprint density at radius 1 is 1.19 bits per heavy atom. The van der Waals surface area contributed by atoms with Gasteiger partial charge in [0.15, 0.2) is 5.65 Å². The van der Waals surface area contributed by atoms with Gasteiger partial charge >= 0.3 is 0 Å². The Bertz CT molecular complexity index is 1220. The van der Waals surface area contributed by atoms with Crippen molar-refractivity contribution in [3.05, 3.63) is 53.9 Å².